The van der Waals surface area contributed by atoms with Crippen LogP contribution in [0.4, 0.5) is 0 Å². The van der Waals surface area contributed by atoms with Gasteiger partial charge in [-0.15, -0.1) is 0 Å². The van der Waals surface area contributed by atoms with Gasteiger partial charge < -0.3 is 9.73 Å². The average Bonchev–Trinajstić information content (AvgIpc) is 3.17. The van der Waals surface area contributed by atoms with Crippen LogP contribution in [0.3, 0.4) is 0 Å². The van der Waals surface area contributed by atoms with Crippen LogP contribution in [0.25, 0.3) is 11.1 Å². The van der Waals surface area contributed by atoms with Crippen molar-refractivity contribution in [2.24, 2.45) is 0 Å². The first kappa shape index (κ1) is 19.9. The number of nitrogens with zero attached hydrogens (tertiary/aromatic N) is 3. The van der Waals surface area contributed by atoms with Crippen LogP contribution in [-0.4, -0.2) is 65.7 Å². The van der Waals surface area contributed by atoms with Crippen molar-refractivity contribution in [3.63, 3.8) is 0 Å². The van der Waals surface area contributed by atoms with Gasteiger partial charge in [0.2, 0.25) is 5.91 Å². The molecular weight excluding hydrogens is 384 g/mol. The van der Waals surface area contributed by atoms with Crippen molar-refractivity contribution in [2.45, 2.75) is 11.8 Å². The number of rotatable bonds is 8. The average molecular weight is 411 g/mol. The van der Waals surface area contributed by atoms with Crippen molar-refractivity contribution in [2.75, 3.05) is 45.0 Å². The van der Waals surface area contributed by atoms with Gasteiger partial charge in [-0.2, -0.15) is 0 Å². The Morgan fingerprint density at radius 1 is 1.00 bits per heavy atom. The quantitative estimate of drug-likeness (QED) is 0.576. The Kier molecular flexibility index (Phi) is 6.82. The number of hydrogen-bond acceptors (Lipinski definition) is 6. The number of benzene rings is 2. The fraction of sp³-hybridized carbons (Fsp3) is 0.364. The van der Waals surface area contributed by atoms with Crippen LogP contribution in [0, 0.1) is 0 Å². The summed E-state index contributed by atoms with van der Waals surface area (Å²) in [5, 5.41) is 3.54. The Morgan fingerprint density at radius 2 is 1.72 bits per heavy atom. The minimum absolute atomic E-state index is 0.0139. The highest BCUT2D eigenvalue weighted by molar-refractivity contribution is 7.99. The van der Waals surface area contributed by atoms with Gasteiger partial charge in [0.1, 0.15) is 5.52 Å². The molecule has 1 aliphatic heterocycles. The van der Waals surface area contributed by atoms with E-state index in [-0.39, 0.29) is 5.91 Å². The third-order valence-electron chi connectivity index (χ3n) is 5.07. The molecule has 0 atom stereocenters. The molecule has 1 N–H and O–H groups in total. The van der Waals surface area contributed by atoms with Crippen LogP contribution < -0.4 is 5.32 Å². The molecule has 0 unspecified atom stereocenters. The molecule has 29 heavy (non-hydrogen) atoms. The second-order valence-electron chi connectivity index (χ2n) is 7.19. The van der Waals surface area contributed by atoms with E-state index in [4.69, 9.17) is 4.42 Å². The summed E-state index contributed by atoms with van der Waals surface area (Å²) < 4.78 is 5.63. The van der Waals surface area contributed by atoms with Crippen molar-refractivity contribution in [1.29, 1.82) is 0 Å². The van der Waals surface area contributed by atoms with Crippen molar-refractivity contribution < 1.29 is 9.21 Å². The summed E-state index contributed by atoms with van der Waals surface area (Å²) in [6.07, 6.45) is 0. The molecule has 1 aliphatic rings. The summed E-state index contributed by atoms with van der Waals surface area (Å²) in [6.45, 7) is 6.79. The lowest BCUT2D eigenvalue weighted by molar-refractivity contribution is -0.118. The molecule has 7 heteroatoms. The minimum atomic E-state index is 0.0139. The van der Waals surface area contributed by atoms with E-state index in [1.54, 1.807) is 0 Å². The Balaban J connectivity index is 1.11. The zero-order chi connectivity index (χ0) is 19.9. The Labute approximate surface area is 175 Å². The summed E-state index contributed by atoms with van der Waals surface area (Å²) in [6, 6.07) is 18.2. The Bertz CT molecular complexity index is 890. The fourth-order valence-electron chi connectivity index (χ4n) is 3.46. The maximum Gasteiger partial charge on any atom is 0.257 e. The van der Waals surface area contributed by atoms with Crippen molar-refractivity contribution in [1.82, 2.24) is 20.1 Å². The predicted octanol–water partition coefficient (Wildman–Crippen LogP) is 2.85. The molecule has 152 valence electrons. The molecule has 0 spiro atoms. The first-order valence-corrected chi connectivity index (χ1v) is 11.0. The van der Waals surface area contributed by atoms with E-state index in [2.05, 4.69) is 50.4 Å². The summed E-state index contributed by atoms with van der Waals surface area (Å²) in [7, 11) is 0. The van der Waals surface area contributed by atoms with Crippen LogP contribution in [0.1, 0.15) is 5.56 Å². The first-order chi connectivity index (χ1) is 14.3. The number of amides is 1. The molecule has 3 aromatic rings. The second kappa shape index (κ2) is 9.91. The lowest BCUT2D eigenvalue weighted by Gasteiger charge is -2.34. The SMILES string of the molecule is O=C(CSc1nc2ccccc2o1)NCCN1CCN(Cc2ccccc2)CC1. The Hall–Kier alpha value is -2.35. The van der Waals surface area contributed by atoms with Gasteiger partial charge in [0, 0.05) is 45.8 Å². The summed E-state index contributed by atoms with van der Waals surface area (Å²) in [5.41, 5.74) is 2.94. The van der Waals surface area contributed by atoms with Crippen LogP contribution >= 0.6 is 11.8 Å². The number of nitrogens with one attached hydrogen (secondary N) is 1. The van der Waals surface area contributed by atoms with Gasteiger partial charge in [0.15, 0.2) is 5.58 Å². The first-order valence-electron chi connectivity index (χ1n) is 10.00. The number of hydrogen-bond donors (Lipinski definition) is 1. The van der Waals surface area contributed by atoms with E-state index in [1.165, 1.54) is 17.3 Å². The third-order valence-corrected chi connectivity index (χ3v) is 5.89. The van der Waals surface area contributed by atoms with Gasteiger partial charge in [-0.3, -0.25) is 14.6 Å². The highest BCUT2D eigenvalue weighted by Gasteiger charge is 2.17. The molecule has 2 heterocycles. The number of para-hydroxylation sites is 2. The van der Waals surface area contributed by atoms with E-state index < -0.39 is 0 Å². The van der Waals surface area contributed by atoms with E-state index in [1.807, 2.05) is 24.3 Å². The van der Waals surface area contributed by atoms with Gasteiger partial charge >= 0.3 is 0 Å². The fourth-order valence-corrected chi connectivity index (χ4v) is 4.13. The summed E-state index contributed by atoms with van der Waals surface area (Å²) >= 11 is 1.33. The topological polar surface area (TPSA) is 61.6 Å². The van der Waals surface area contributed by atoms with Crippen LogP contribution in [-0.2, 0) is 11.3 Å². The molecule has 4 rings (SSSR count). The number of carbonyl (C=O) groups is 1. The van der Waals surface area contributed by atoms with E-state index >= 15 is 0 Å². The van der Waals surface area contributed by atoms with E-state index in [0.29, 0.717) is 17.5 Å². The molecule has 0 bridgehead atoms. The number of piperazine rings is 1. The highest BCUT2D eigenvalue weighted by atomic mass is 32.2. The largest absolute Gasteiger partial charge is 0.431 e. The molecule has 2 aromatic carbocycles. The molecule has 6 nitrogen and oxygen atoms in total. The lowest BCUT2D eigenvalue weighted by Crippen LogP contribution is -2.48. The van der Waals surface area contributed by atoms with Gasteiger partial charge in [0.25, 0.3) is 5.22 Å². The second-order valence-corrected chi connectivity index (χ2v) is 8.12. The predicted molar refractivity (Wildman–Crippen MR) is 116 cm³/mol. The van der Waals surface area contributed by atoms with Gasteiger partial charge in [-0.1, -0.05) is 54.2 Å². The molecule has 0 aliphatic carbocycles. The van der Waals surface area contributed by atoms with Crippen LogP contribution in [0.15, 0.2) is 64.2 Å². The number of oxazole rings is 1. The summed E-state index contributed by atoms with van der Waals surface area (Å²) in [4.78, 5) is 21.4. The molecule has 0 radical (unpaired) electrons. The molecule has 1 fully saturated rings. The number of thioether (sulfide) groups is 1. The molecular formula is C22H26N4O2S. The number of fused-ring (bicyclic) bond motifs is 1. The monoisotopic (exact) mass is 410 g/mol. The van der Waals surface area contributed by atoms with Gasteiger partial charge in [-0.05, 0) is 17.7 Å². The Morgan fingerprint density at radius 3 is 2.52 bits per heavy atom. The van der Waals surface area contributed by atoms with E-state index in [0.717, 1.165) is 50.4 Å². The van der Waals surface area contributed by atoms with Gasteiger partial charge in [0.05, 0.1) is 5.75 Å². The number of carbonyl (C=O) groups excluding carboxylic acids is 1. The highest BCUT2D eigenvalue weighted by Crippen LogP contribution is 2.22. The van der Waals surface area contributed by atoms with Crippen molar-refractivity contribution >= 4 is 28.8 Å². The third kappa shape index (κ3) is 5.82. The lowest BCUT2D eigenvalue weighted by atomic mass is 10.2. The van der Waals surface area contributed by atoms with Crippen LogP contribution in [0.5, 0.6) is 0 Å². The standard InChI is InChI=1S/C22H26N4O2S/c27-21(17-29-22-24-19-8-4-5-9-20(19)28-22)23-10-11-25-12-14-26(15-13-25)16-18-6-2-1-3-7-18/h1-9H,10-17H2,(H,23,27). The summed E-state index contributed by atoms with van der Waals surface area (Å²) in [5.74, 6) is 0.331. The van der Waals surface area contributed by atoms with Crippen LogP contribution in [0.2, 0.25) is 0 Å². The zero-order valence-electron chi connectivity index (χ0n) is 16.4. The zero-order valence-corrected chi connectivity index (χ0v) is 17.2. The molecule has 1 saturated heterocycles. The smallest absolute Gasteiger partial charge is 0.257 e. The molecule has 1 aromatic heterocycles. The molecule has 0 saturated carbocycles. The maximum atomic E-state index is 12.1. The number of aromatic nitrogens is 1. The minimum Gasteiger partial charge on any atom is -0.431 e. The molecule has 1 amide bonds. The van der Waals surface area contributed by atoms with Crippen molar-refractivity contribution in [3.8, 4) is 0 Å². The van der Waals surface area contributed by atoms with E-state index in [9.17, 15) is 4.79 Å². The maximum absolute atomic E-state index is 12.1. The van der Waals surface area contributed by atoms with Crippen molar-refractivity contribution in [3.05, 3.63) is 60.2 Å². The normalized spacial score (nSPS) is 15.6. The van der Waals surface area contributed by atoms with Gasteiger partial charge in [-0.25, -0.2) is 4.98 Å².